The van der Waals surface area contributed by atoms with Crippen molar-refractivity contribution in [3.63, 3.8) is 0 Å². The molecule has 0 saturated heterocycles. The van der Waals surface area contributed by atoms with Crippen LogP contribution in [0.3, 0.4) is 0 Å². The van der Waals surface area contributed by atoms with Crippen LogP contribution in [-0.4, -0.2) is 37.7 Å². The Balaban J connectivity index is 1.59. The predicted molar refractivity (Wildman–Crippen MR) is 130 cm³/mol. The summed E-state index contributed by atoms with van der Waals surface area (Å²) in [6.45, 7) is 0. The third-order valence-electron chi connectivity index (χ3n) is 5.97. The van der Waals surface area contributed by atoms with Crippen LogP contribution in [0.25, 0.3) is 0 Å². The molecular weight excluding hydrogens is 494 g/mol. The van der Waals surface area contributed by atoms with E-state index in [0.29, 0.717) is 52.3 Å². The van der Waals surface area contributed by atoms with Crippen LogP contribution in [0.1, 0.15) is 36.4 Å². The first-order valence-corrected chi connectivity index (χ1v) is 12.1. The van der Waals surface area contributed by atoms with Gasteiger partial charge in [-0.3, -0.25) is 14.9 Å². The number of ether oxygens (including phenoxy) is 1. The number of nitro groups is 1. The summed E-state index contributed by atoms with van der Waals surface area (Å²) in [5, 5.41) is 30.9. The molecule has 0 fully saturated rings. The summed E-state index contributed by atoms with van der Waals surface area (Å²) >= 11 is 7.66. The highest BCUT2D eigenvalue weighted by Crippen LogP contribution is 2.45. The maximum Gasteiger partial charge on any atom is 0.315 e. The number of Topliss-reactive ketones (excluding diaryl/α,β-unsaturated/α-hetero) is 1. The molecule has 0 bridgehead atoms. The molecule has 35 heavy (non-hydrogen) atoms. The molecule has 5 rings (SSSR count). The highest BCUT2D eigenvalue weighted by molar-refractivity contribution is 7.98. The molecule has 2 aromatic carbocycles. The Bertz CT molecular complexity index is 1390. The zero-order valence-corrected chi connectivity index (χ0v) is 20.1. The maximum atomic E-state index is 13.0. The fraction of sp³-hybridized carbons (Fsp3) is 0.261. The smallest absolute Gasteiger partial charge is 0.315 e. The largest absolute Gasteiger partial charge is 0.500 e. The van der Waals surface area contributed by atoms with Gasteiger partial charge in [0.05, 0.1) is 12.0 Å². The zero-order valence-electron chi connectivity index (χ0n) is 18.5. The standard InChI is InChI=1S/C23H20ClN5O5S/c1-34-18-10-13(9-16(21(18)31)29(32)33)20-19-15(7-4-8-17(19)30)25-22-26-23(27-28(20)22)35-11-12-5-2-3-6-14(12)24/h2-3,5-6,9-10,20,31H,4,7-8,11H2,1H3,(H,25,26,27). The number of hydrogen-bond donors (Lipinski definition) is 2. The van der Waals surface area contributed by atoms with Gasteiger partial charge in [0, 0.05) is 34.5 Å². The van der Waals surface area contributed by atoms with E-state index in [9.17, 15) is 20.0 Å². The number of nitrogens with one attached hydrogen (secondary N) is 1. The predicted octanol–water partition coefficient (Wildman–Crippen LogP) is 4.87. The van der Waals surface area contributed by atoms with Gasteiger partial charge in [0.15, 0.2) is 11.5 Å². The number of thioether (sulfide) groups is 1. The van der Waals surface area contributed by atoms with Gasteiger partial charge in [-0.15, -0.1) is 5.10 Å². The Labute approximate surface area is 209 Å². The fourth-order valence-corrected chi connectivity index (χ4v) is 5.44. The molecule has 1 atom stereocenters. The molecule has 180 valence electrons. The summed E-state index contributed by atoms with van der Waals surface area (Å²) in [5.74, 6) is 0.269. The highest BCUT2D eigenvalue weighted by atomic mass is 35.5. The molecule has 0 amide bonds. The lowest BCUT2D eigenvalue weighted by atomic mass is 9.85. The number of phenols is 1. The second-order valence-electron chi connectivity index (χ2n) is 8.09. The van der Waals surface area contributed by atoms with Crippen LogP contribution >= 0.6 is 23.4 Å². The number of halogens is 1. The van der Waals surface area contributed by atoms with Crippen LogP contribution in [0.15, 0.2) is 52.8 Å². The molecule has 2 N–H and O–H groups in total. The number of hydrogen-bond acceptors (Lipinski definition) is 9. The van der Waals surface area contributed by atoms with Crippen molar-refractivity contribution in [2.24, 2.45) is 0 Å². The molecule has 1 aromatic heterocycles. The van der Waals surface area contributed by atoms with Crippen LogP contribution in [0.5, 0.6) is 11.5 Å². The molecule has 3 aromatic rings. The summed E-state index contributed by atoms with van der Waals surface area (Å²) in [4.78, 5) is 28.6. The maximum absolute atomic E-state index is 13.0. The molecular formula is C23H20ClN5O5S. The molecule has 1 aliphatic carbocycles. The van der Waals surface area contributed by atoms with Crippen molar-refractivity contribution in [1.82, 2.24) is 14.8 Å². The number of aromatic nitrogens is 3. The summed E-state index contributed by atoms with van der Waals surface area (Å²) in [5.41, 5.74) is 2.02. The third-order valence-corrected chi connectivity index (χ3v) is 7.23. The van der Waals surface area contributed by atoms with Crippen molar-refractivity contribution in [1.29, 1.82) is 0 Å². The second-order valence-corrected chi connectivity index (χ2v) is 9.44. The van der Waals surface area contributed by atoms with Crippen molar-refractivity contribution in [2.75, 3.05) is 12.4 Å². The first kappa shape index (κ1) is 23.2. The Morgan fingerprint density at radius 3 is 2.89 bits per heavy atom. The first-order chi connectivity index (χ1) is 16.9. The second kappa shape index (κ2) is 9.23. The molecule has 1 unspecified atom stereocenters. The topological polar surface area (TPSA) is 132 Å². The Morgan fingerprint density at radius 2 is 2.14 bits per heavy atom. The van der Waals surface area contributed by atoms with Crippen molar-refractivity contribution >= 4 is 40.8 Å². The number of benzene rings is 2. The number of ketones is 1. The van der Waals surface area contributed by atoms with Gasteiger partial charge in [0.25, 0.3) is 0 Å². The lowest BCUT2D eigenvalue weighted by Gasteiger charge is -2.32. The van der Waals surface area contributed by atoms with E-state index in [4.69, 9.17) is 16.3 Å². The van der Waals surface area contributed by atoms with Gasteiger partial charge in [-0.2, -0.15) is 4.98 Å². The van der Waals surface area contributed by atoms with E-state index >= 15 is 0 Å². The minimum atomic E-state index is -0.760. The van der Waals surface area contributed by atoms with E-state index in [-0.39, 0.29) is 11.5 Å². The number of rotatable bonds is 6. The third kappa shape index (κ3) is 4.21. The quantitative estimate of drug-likeness (QED) is 0.269. The van der Waals surface area contributed by atoms with E-state index < -0.39 is 22.4 Å². The zero-order chi connectivity index (χ0) is 24.7. The molecule has 2 heterocycles. The normalized spacial score (nSPS) is 17.0. The molecule has 10 nitrogen and oxygen atoms in total. The Hall–Kier alpha value is -3.57. The number of carbonyl (C=O) groups excluding carboxylic acids is 1. The number of allylic oxidation sites excluding steroid dienone is 2. The lowest BCUT2D eigenvalue weighted by molar-refractivity contribution is -0.386. The van der Waals surface area contributed by atoms with Crippen LogP contribution < -0.4 is 10.1 Å². The number of nitrogens with zero attached hydrogens (tertiary/aromatic N) is 4. The lowest BCUT2D eigenvalue weighted by Crippen LogP contribution is -2.31. The van der Waals surface area contributed by atoms with E-state index in [2.05, 4.69) is 15.4 Å². The number of phenolic OH excluding ortho intramolecular Hbond substituents is 1. The highest BCUT2D eigenvalue weighted by Gasteiger charge is 2.38. The van der Waals surface area contributed by atoms with Crippen molar-refractivity contribution in [3.8, 4) is 11.5 Å². The van der Waals surface area contributed by atoms with Crippen LogP contribution in [0, 0.1) is 10.1 Å². The van der Waals surface area contributed by atoms with Gasteiger partial charge in [-0.25, -0.2) is 4.68 Å². The van der Waals surface area contributed by atoms with Gasteiger partial charge >= 0.3 is 5.69 Å². The SMILES string of the molecule is COc1cc(C2C3=C(CCCC3=O)Nc3nc(SCc4ccccc4Cl)nn32)cc([N+](=O)[O-])c1O. The van der Waals surface area contributed by atoms with Crippen LogP contribution in [0.2, 0.25) is 5.02 Å². The van der Waals surface area contributed by atoms with Gasteiger partial charge < -0.3 is 15.2 Å². The van der Waals surface area contributed by atoms with E-state index in [1.807, 2.05) is 24.3 Å². The molecule has 0 saturated carbocycles. The summed E-state index contributed by atoms with van der Waals surface area (Å²) in [7, 11) is 1.31. The molecule has 0 spiro atoms. The van der Waals surface area contributed by atoms with Gasteiger partial charge in [-0.05, 0) is 36.1 Å². The van der Waals surface area contributed by atoms with E-state index in [1.54, 1.807) is 4.68 Å². The van der Waals surface area contributed by atoms with Crippen molar-refractivity contribution < 1.29 is 19.6 Å². The number of aromatic hydroxyl groups is 1. The number of anilines is 1. The summed E-state index contributed by atoms with van der Waals surface area (Å²) < 4.78 is 6.75. The molecule has 0 radical (unpaired) electrons. The van der Waals surface area contributed by atoms with E-state index in [0.717, 1.165) is 11.3 Å². The van der Waals surface area contributed by atoms with E-state index in [1.165, 1.54) is 31.0 Å². The Kier molecular flexibility index (Phi) is 6.12. The van der Waals surface area contributed by atoms with Crippen LogP contribution in [-0.2, 0) is 10.5 Å². The fourth-order valence-electron chi connectivity index (χ4n) is 4.33. The molecule has 12 heteroatoms. The average molecular weight is 514 g/mol. The first-order valence-electron chi connectivity index (χ1n) is 10.8. The number of methoxy groups -OCH3 is 1. The molecule has 2 aliphatic rings. The van der Waals surface area contributed by atoms with Gasteiger partial charge in [0.2, 0.25) is 16.9 Å². The minimum Gasteiger partial charge on any atom is -0.500 e. The number of nitro benzene ring substituents is 1. The number of carbonyl (C=O) groups is 1. The molecule has 1 aliphatic heterocycles. The monoisotopic (exact) mass is 513 g/mol. The van der Waals surface area contributed by atoms with Crippen LogP contribution in [0.4, 0.5) is 11.6 Å². The number of fused-ring (bicyclic) bond motifs is 1. The van der Waals surface area contributed by atoms with Crippen molar-refractivity contribution in [2.45, 2.75) is 36.2 Å². The Morgan fingerprint density at radius 1 is 1.34 bits per heavy atom. The summed E-state index contributed by atoms with van der Waals surface area (Å²) in [6.07, 6.45) is 1.70. The summed E-state index contributed by atoms with van der Waals surface area (Å²) in [6, 6.07) is 9.48. The minimum absolute atomic E-state index is 0.0619. The van der Waals surface area contributed by atoms with Gasteiger partial charge in [-0.1, -0.05) is 41.6 Å². The van der Waals surface area contributed by atoms with Gasteiger partial charge in [0.1, 0.15) is 6.04 Å². The average Bonchev–Trinajstić information content (AvgIpc) is 3.25. The van der Waals surface area contributed by atoms with Crippen molar-refractivity contribution in [3.05, 3.63) is 73.9 Å².